The molecular weight excluding hydrogens is 282 g/mol. The SMILES string of the molecule is O=C1OC(CNS(=O)(=O)NC2CCCC2)CN1C1CC1. The zero-order chi connectivity index (χ0) is 14.2. The van der Waals surface area contributed by atoms with Crippen LogP contribution in [0.4, 0.5) is 4.79 Å². The first-order chi connectivity index (χ1) is 9.53. The molecule has 0 aromatic carbocycles. The van der Waals surface area contributed by atoms with Gasteiger partial charge in [-0.2, -0.15) is 17.9 Å². The molecule has 1 amide bonds. The van der Waals surface area contributed by atoms with Gasteiger partial charge in [0, 0.05) is 12.1 Å². The van der Waals surface area contributed by atoms with Crippen molar-refractivity contribution in [1.82, 2.24) is 14.3 Å². The minimum Gasteiger partial charge on any atom is -0.443 e. The maximum atomic E-state index is 11.9. The molecule has 20 heavy (non-hydrogen) atoms. The molecule has 3 aliphatic rings. The Morgan fingerprint density at radius 3 is 2.55 bits per heavy atom. The monoisotopic (exact) mass is 303 g/mol. The van der Waals surface area contributed by atoms with E-state index in [1.165, 1.54) is 0 Å². The fraction of sp³-hybridized carbons (Fsp3) is 0.917. The number of nitrogens with zero attached hydrogens (tertiary/aromatic N) is 1. The molecule has 0 radical (unpaired) electrons. The highest BCUT2D eigenvalue weighted by Crippen LogP contribution is 2.30. The van der Waals surface area contributed by atoms with Crippen molar-refractivity contribution in [3.05, 3.63) is 0 Å². The van der Waals surface area contributed by atoms with Gasteiger partial charge < -0.3 is 9.64 Å². The maximum Gasteiger partial charge on any atom is 0.410 e. The number of nitrogens with one attached hydrogen (secondary N) is 2. The molecule has 7 nitrogen and oxygen atoms in total. The van der Waals surface area contributed by atoms with Gasteiger partial charge in [-0.3, -0.25) is 0 Å². The van der Waals surface area contributed by atoms with E-state index in [9.17, 15) is 13.2 Å². The normalized spacial score (nSPS) is 28.1. The standard InChI is InChI=1S/C12H21N3O4S/c16-12-15(10-5-6-10)8-11(19-12)7-13-20(17,18)14-9-3-1-2-4-9/h9-11,13-14H,1-8H2. The molecular formula is C12H21N3O4S. The average molecular weight is 303 g/mol. The van der Waals surface area contributed by atoms with E-state index in [4.69, 9.17) is 4.74 Å². The van der Waals surface area contributed by atoms with Crippen molar-refractivity contribution in [2.75, 3.05) is 13.1 Å². The van der Waals surface area contributed by atoms with Gasteiger partial charge >= 0.3 is 6.09 Å². The van der Waals surface area contributed by atoms with E-state index >= 15 is 0 Å². The van der Waals surface area contributed by atoms with E-state index in [2.05, 4.69) is 9.44 Å². The van der Waals surface area contributed by atoms with Crippen LogP contribution in [0.25, 0.3) is 0 Å². The summed E-state index contributed by atoms with van der Waals surface area (Å²) in [7, 11) is -3.50. The van der Waals surface area contributed by atoms with Crippen molar-refractivity contribution in [3.8, 4) is 0 Å². The average Bonchev–Trinajstić information content (AvgIpc) is 2.98. The molecule has 1 atom stereocenters. The topological polar surface area (TPSA) is 87.7 Å². The number of hydrogen-bond donors (Lipinski definition) is 2. The summed E-state index contributed by atoms with van der Waals surface area (Å²) in [5.41, 5.74) is 0. The third-order valence-corrected chi connectivity index (χ3v) is 5.26. The van der Waals surface area contributed by atoms with Crippen LogP contribution in [0, 0.1) is 0 Å². The molecule has 1 heterocycles. The van der Waals surface area contributed by atoms with Crippen molar-refractivity contribution in [1.29, 1.82) is 0 Å². The summed E-state index contributed by atoms with van der Waals surface area (Å²) in [6.07, 6.45) is 5.29. The van der Waals surface area contributed by atoms with Gasteiger partial charge in [-0.15, -0.1) is 0 Å². The van der Waals surface area contributed by atoms with Gasteiger partial charge in [0.2, 0.25) is 0 Å². The highest BCUT2D eigenvalue weighted by atomic mass is 32.2. The number of rotatable bonds is 6. The van der Waals surface area contributed by atoms with E-state index < -0.39 is 10.2 Å². The highest BCUT2D eigenvalue weighted by molar-refractivity contribution is 7.87. The Morgan fingerprint density at radius 2 is 1.90 bits per heavy atom. The van der Waals surface area contributed by atoms with Crippen LogP contribution < -0.4 is 9.44 Å². The molecule has 0 aromatic heterocycles. The zero-order valence-corrected chi connectivity index (χ0v) is 12.2. The van der Waals surface area contributed by atoms with Crippen LogP contribution in [0.1, 0.15) is 38.5 Å². The Labute approximate surface area is 119 Å². The van der Waals surface area contributed by atoms with Gasteiger partial charge in [-0.25, -0.2) is 4.79 Å². The molecule has 0 aromatic rings. The molecule has 1 aliphatic heterocycles. The number of carbonyl (C=O) groups is 1. The van der Waals surface area contributed by atoms with Crippen molar-refractivity contribution in [3.63, 3.8) is 0 Å². The van der Waals surface area contributed by atoms with Crippen LogP contribution in [-0.4, -0.2) is 50.7 Å². The summed E-state index contributed by atoms with van der Waals surface area (Å²) in [5.74, 6) is 0. The highest BCUT2D eigenvalue weighted by Gasteiger charge is 2.41. The largest absolute Gasteiger partial charge is 0.443 e. The predicted molar refractivity (Wildman–Crippen MR) is 72.3 cm³/mol. The quantitative estimate of drug-likeness (QED) is 0.740. The second-order valence-electron chi connectivity index (χ2n) is 5.84. The summed E-state index contributed by atoms with van der Waals surface area (Å²) in [6, 6.07) is 0.349. The van der Waals surface area contributed by atoms with Crippen molar-refractivity contribution in [2.45, 2.75) is 56.7 Å². The van der Waals surface area contributed by atoms with Gasteiger partial charge in [-0.05, 0) is 25.7 Å². The lowest BCUT2D eigenvalue weighted by Gasteiger charge is -2.15. The molecule has 1 unspecified atom stereocenters. The van der Waals surface area contributed by atoms with E-state index in [-0.39, 0.29) is 24.8 Å². The fourth-order valence-electron chi connectivity index (χ4n) is 2.84. The predicted octanol–water partition coefficient (Wildman–Crippen LogP) is 0.336. The first-order valence-electron chi connectivity index (χ1n) is 7.28. The first-order valence-corrected chi connectivity index (χ1v) is 8.76. The molecule has 2 N–H and O–H groups in total. The van der Waals surface area contributed by atoms with Crippen molar-refractivity contribution >= 4 is 16.3 Å². The van der Waals surface area contributed by atoms with Crippen molar-refractivity contribution in [2.24, 2.45) is 0 Å². The Kier molecular flexibility index (Phi) is 3.87. The van der Waals surface area contributed by atoms with Crippen LogP contribution in [0.5, 0.6) is 0 Å². The molecule has 8 heteroatoms. The number of hydrogen-bond acceptors (Lipinski definition) is 4. The summed E-state index contributed by atoms with van der Waals surface area (Å²) in [4.78, 5) is 13.3. The van der Waals surface area contributed by atoms with E-state index in [1.807, 2.05) is 0 Å². The second kappa shape index (κ2) is 5.50. The smallest absolute Gasteiger partial charge is 0.410 e. The Hall–Kier alpha value is -0.860. The lowest BCUT2D eigenvalue weighted by atomic mass is 10.3. The van der Waals surface area contributed by atoms with Gasteiger partial charge in [0.25, 0.3) is 10.2 Å². The minimum atomic E-state index is -3.50. The summed E-state index contributed by atoms with van der Waals surface area (Å²) in [6.45, 7) is 0.618. The number of ether oxygens (including phenoxy) is 1. The molecule has 3 fully saturated rings. The Balaban J connectivity index is 1.45. The molecule has 3 rings (SSSR count). The molecule has 1 saturated heterocycles. The van der Waals surface area contributed by atoms with Crippen LogP contribution in [0.2, 0.25) is 0 Å². The van der Waals surface area contributed by atoms with Crippen LogP contribution >= 0.6 is 0 Å². The summed E-state index contributed by atoms with van der Waals surface area (Å²) in [5, 5.41) is 0. The second-order valence-corrected chi connectivity index (χ2v) is 7.37. The van der Waals surface area contributed by atoms with Crippen LogP contribution in [0.15, 0.2) is 0 Å². The molecule has 0 spiro atoms. The molecule has 0 bridgehead atoms. The van der Waals surface area contributed by atoms with Gasteiger partial charge in [0.05, 0.1) is 13.1 Å². The summed E-state index contributed by atoms with van der Waals surface area (Å²) < 4.78 is 34.1. The third kappa shape index (κ3) is 3.42. The third-order valence-electron chi connectivity index (χ3n) is 4.07. The van der Waals surface area contributed by atoms with Crippen LogP contribution in [0.3, 0.4) is 0 Å². The van der Waals surface area contributed by atoms with E-state index in [1.54, 1.807) is 4.90 Å². The number of amides is 1. The maximum absolute atomic E-state index is 11.9. The van der Waals surface area contributed by atoms with Crippen molar-refractivity contribution < 1.29 is 17.9 Å². The minimum absolute atomic E-state index is 0.0431. The van der Waals surface area contributed by atoms with E-state index in [0.717, 1.165) is 38.5 Å². The number of carbonyl (C=O) groups excluding carboxylic acids is 1. The Bertz CT molecular complexity index is 471. The lowest BCUT2D eigenvalue weighted by Crippen LogP contribution is -2.44. The Morgan fingerprint density at radius 1 is 1.20 bits per heavy atom. The van der Waals surface area contributed by atoms with Gasteiger partial charge in [0.1, 0.15) is 6.10 Å². The lowest BCUT2D eigenvalue weighted by molar-refractivity contribution is 0.133. The molecule has 2 saturated carbocycles. The number of cyclic esters (lactones) is 1. The summed E-state index contributed by atoms with van der Waals surface area (Å²) >= 11 is 0. The van der Waals surface area contributed by atoms with Crippen LogP contribution in [-0.2, 0) is 14.9 Å². The zero-order valence-electron chi connectivity index (χ0n) is 11.4. The van der Waals surface area contributed by atoms with E-state index in [0.29, 0.717) is 12.6 Å². The molecule has 114 valence electrons. The molecule has 2 aliphatic carbocycles. The van der Waals surface area contributed by atoms with Gasteiger partial charge in [0.15, 0.2) is 0 Å². The fourth-order valence-corrected chi connectivity index (χ4v) is 4.00. The first kappa shape index (κ1) is 14.1. The van der Waals surface area contributed by atoms with Gasteiger partial charge in [-0.1, -0.05) is 12.8 Å².